The van der Waals surface area contributed by atoms with E-state index in [1.54, 1.807) is 19.4 Å². The van der Waals surface area contributed by atoms with Crippen molar-refractivity contribution < 1.29 is 9.90 Å². The molecule has 3 rings (SSSR count). The van der Waals surface area contributed by atoms with Gasteiger partial charge < -0.3 is 15.7 Å². The number of nitrogens with zero attached hydrogens (tertiary/aromatic N) is 4. The number of aryl methyl sites for hydroxylation is 2. The minimum absolute atomic E-state index is 0.351. The number of aliphatic hydroxyl groups is 1. The highest BCUT2D eigenvalue weighted by Gasteiger charge is 2.15. The summed E-state index contributed by atoms with van der Waals surface area (Å²) in [6, 6.07) is 5.56. The zero-order valence-corrected chi connectivity index (χ0v) is 16.9. The molecule has 0 spiro atoms. The van der Waals surface area contributed by atoms with Crippen LogP contribution in [0.4, 0.5) is 5.82 Å². The van der Waals surface area contributed by atoms with Crippen molar-refractivity contribution in [3.8, 4) is 23.2 Å². The molecule has 0 unspecified atom stereocenters. The highest BCUT2D eigenvalue weighted by atomic mass is 16.3. The summed E-state index contributed by atoms with van der Waals surface area (Å²) in [6.07, 6.45) is 2.08. The van der Waals surface area contributed by atoms with Crippen LogP contribution in [0.15, 0.2) is 30.6 Å². The molecule has 1 amide bonds. The highest BCUT2D eigenvalue weighted by molar-refractivity contribution is 5.90. The Morgan fingerprint density at radius 2 is 2.00 bits per heavy atom. The van der Waals surface area contributed by atoms with E-state index in [1.165, 1.54) is 4.90 Å². The molecule has 0 aliphatic heterocycles. The van der Waals surface area contributed by atoms with E-state index >= 15 is 0 Å². The SMILES string of the molecule is CCN(C)C(=O)[C@H](O)C#Cc1ccc(C)c(-c2ncc3c(C)cnc(N)c3n2)c1. The highest BCUT2D eigenvalue weighted by Crippen LogP contribution is 2.26. The Hall–Kier alpha value is -3.50. The fourth-order valence-corrected chi connectivity index (χ4v) is 2.81. The summed E-state index contributed by atoms with van der Waals surface area (Å²) in [5.74, 6) is 5.90. The monoisotopic (exact) mass is 389 g/mol. The number of carbonyl (C=O) groups excluding carboxylic acids is 1. The molecule has 3 N–H and O–H groups in total. The second-order valence-corrected chi connectivity index (χ2v) is 6.84. The molecular weight excluding hydrogens is 366 g/mol. The Morgan fingerprint density at radius 3 is 2.72 bits per heavy atom. The molecule has 2 heterocycles. The van der Waals surface area contributed by atoms with Crippen LogP contribution in [0.5, 0.6) is 0 Å². The van der Waals surface area contributed by atoms with Crippen LogP contribution in [0, 0.1) is 25.7 Å². The Balaban J connectivity index is 1.99. The second kappa shape index (κ2) is 8.25. The molecule has 1 aromatic carbocycles. The average molecular weight is 389 g/mol. The van der Waals surface area contributed by atoms with Gasteiger partial charge in [0.15, 0.2) is 11.9 Å². The van der Waals surface area contributed by atoms with Crippen molar-refractivity contribution in [3.63, 3.8) is 0 Å². The third-order valence-electron chi connectivity index (χ3n) is 4.77. The lowest BCUT2D eigenvalue weighted by atomic mass is 10.0. The van der Waals surface area contributed by atoms with E-state index in [0.717, 1.165) is 22.1 Å². The molecule has 7 nitrogen and oxygen atoms in total. The summed E-state index contributed by atoms with van der Waals surface area (Å²) < 4.78 is 0. The van der Waals surface area contributed by atoms with Crippen molar-refractivity contribution in [2.45, 2.75) is 26.9 Å². The van der Waals surface area contributed by atoms with Gasteiger partial charge in [0, 0.05) is 42.5 Å². The Kier molecular flexibility index (Phi) is 5.76. The topological polar surface area (TPSA) is 105 Å². The van der Waals surface area contributed by atoms with Crippen LogP contribution in [-0.4, -0.2) is 50.6 Å². The van der Waals surface area contributed by atoms with Crippen LogP contribution in [0.2, 0.25) is 0 Å². The molecule has 0 bridgehead atoms. The molecule has 7 heteroatoms. The number of pyridine rings is 1. The number of hydrogen-bond donors (Lipinski definition) is 2. The molecule has 2 aromatic heterocycles. The predicted molar refractivity (Wildman–Crippen MR) is 113 cm³/mol. The van der Waals surface area contributed by atoms with Crippen molar-refractivity contribution in [2.24, 2.45) is 0 Å². The van der Waals surface area contributed by atoms with Crippen LogP contribution in [0.25, 0.3) is 22.3 Å². The third kappa shape index (κ3) is 4.18. The lowest BCUT2D eigenvalue weighted by molar-refractivity contribution is -0.135. The summed E-state index contributed by atoms with van der Waals surface area (Å²) >= 11 is 0. The first-order valence-corrected chi connectivity index (χ1v) is 9.25. The number of amides is 1. The molecule has 29 heavy (non-hydrogen) atoms. The van der Waals surface area contributed by atoms with Gasteiger partial charge in [0.05, 0.1) is 0 Å². The van der Waals surface area contributed by atoms with Crippen molar-refractivity contribution in [1.29, 1.82) is 0 Å². The van der Waals surface area contributed by atoms with E-state index in [2.05, 4.69) is 26.8 Å². The van der Waals surface area contributed by atoms with Crippen LogP contribution in [0.1, 0.15) is 23.6 Å². The number of aliphatic hydroxyl groups excluding tert-OH is 1. The van der Waals surface area contributed by atoms with E-state index in [0.29, 0.717) is 29.3 Å². The minimum atomic E-state index is -1.37. The number of anilines is 1. The zero-order chi connectivity index (χ0) is 21.1. The molecule has 0 fully saturated rings. The summed E-state index contributed by atoms with van der Waals surface area (Å²) in [5, 5.41) is 10.8. The van der Waals surface area contributed by atoms with Crippen LogP contribution < -0.4 is 5.73 Å². The van der Waals surface area contributed by atoms with Crippen molar-refractivity contribution in [2.75, 3.05) is 19.3 Å². The van der Waals surface area contributed by atoms with Gasteiger partial charge in [0.2, 0.25) is 0 Å². The Labute approximate surface area is 169 Å². The van der Waals surface area contributed by atoms with E-state index in [1.807, 2.05) is 39.0 Å². The summed E-state index contributed by atoms with van der Waals surface area (Å²) in [6.45, 7) is 6.22. The Bertz CT molecular complexity index is 1150. The van der Waals surface area contributed by atoms with Crippen molar-refractivity contribution in [1.82, 2.24) is 19.9 Å². The number of nitrogens with two attached hydrogens (primary N) is 1. The average Bonchev–Trinajstić information content (AvgIpc) is 2.74. The number of rotatable bonds is 3. The van der Waals surface area contributed by atoms with Crippen molar-refractivity contribution in [3.05, 3.63) is 47.3 Å². The first-order chi connectivity index (χ1) is 13.8. The lowest BCUT2D eigenvalue weighted by Gasteiger charge is -2.15. The fraction of sp³-hybridized carbons (Fsp3) is 0.273. The molecule has 0 aliphatic rings. The molecule has 0 saturated carbocycles. The quantitative estimate of drug-likeness (QED) is 0.665. The summed E-state index contributed by atoms with van der Waals surface area (Å²) in [4.78, 5) is 26.6. The number of nitrogen functional groups attached to an aromatic ring is 1. The molecular formula is C22H23N5O2. The first-order valence-electron chi connectivity index (χ1n) is 9.25. The maximum absolute atomic E-state index is 12.0. The lowest BCUT2D eigenvalue weighted by Crippen LogP contribution is -2.35. The molecule has 0 aliphatic carbocycles. The second-order valence-electron chi connectivity index (χ2n) is 6.84. The van der Waals surface area contributed by atoms with Gasteiger partial charge in [-0.05, 0) is 44.0 Å². The Morgan fingerprint density at radius 1 is 1.24 bits per heavy atom. The number of benzene rings is 1. The van der Waals surface area contributed by atoms with E-state index in [4.69, 9.17) is 5.73 Å². The van der Waals surface area contributed by atoms with Gasteiger partial charge in [0.25, 0.3) is 5.91 Å². The van der Waals surface area contributed by atoms with Gasteiger partial charge >= 0.3 is 0 Å². The maximum atomic E-state index is 12.0. The van der Waals surface area contributed by atoms with Crippen LogP contribution >= 0.6 is 0 Å². The van der Waals surface area contributed by atoms with Crippen LogP contribution in [0.3, 0.4) is 0 Å². The third-order valence-corrected chi connectivity index (χ3v) is 4.77. The predicted octanol–water partition coefficient (Wildman–Crippen LogP) is 2.08. The van der Waals surface area contributed by atoms with Crippen molar-refractivity contribution >= 4 is 22.6 Å². The van der Waals surface area contributed by atoms with E-state index in [-0.39, 0.29) is 0 Å². The molecule has 0 saturated heterocycles. The van der Waals surface area contributed by atoms with E-state index < -0.39 is 12.0 Å². The number of carbonyl (C=O) groups is 1. The fourth-order valence-electron chi connectivity index (χ4n) is 2.81. The molecule has 1 atom stereocenters. The maximum Gasteiger partial charge on any atom is 0.263 e. The normalized spacial score (nSPS) is 11.6. The number of aromatic nitrogens is 3. The molecule has 3 aromatic rings. The largest absolute Gasteiger partial charge is 0.382 e. The summed E-state index contributed by atoms with van der Waals surface area (Å²) in [5.41, 5.74) is 9.97. The van der Waals surface area contributed by atoms with Gasteiger partial charge in [-0.25, -0.2) is 15.0 Å². The van der Waals surface area contributed by atoms with Crippen LogP contribution in [-0.2, 0) is 4.79 Å². The minimum Gasteiger partial charge on any atom is -0.382 e. The molecule has 0 radical (unpaired) electrons. The smallest absolute Gasteiger partial charge is 0.263 e. The van der Waals surface area contributed by atoms with Gasteiger partial charge in [-0.2, -0.15) is 0 Å². The van der Waals surface area contributed by atoms with Gasteiger partial charge in [-0.3, -0.25) is 4.79 Å². The number of likely N-dealkylation sites (N-methyl/N-ethyl adjacent to an activating group) is 1. The molecule has 148 valence electrons. The number of hydrogen-bond acceptors (Lipinski definition) is 6. The van der Waals surface area contributed by atoms with Gasteiger partial charge in [0.1, 0.15) is 11.3 Å². The van der Waals surface area contributed by atoms with Gasteiger partial charge in [-0.15, -0.1) is 0 Å². The summed E-state index contributed by atoms with van der Waals surface area (Å²) in [7, 11) is 1.62. The zero-order valence-electron chi connectivity index (χ0n) is 16.9. The standard InChI is InChI=1S/C22H23N5O2/c1-5-27(4)22(29)18(28)9-8-15-7-6-13(2)16(10-15)21-25-12-17-14(3)11-24-20(23)19(17)26-21/h6-7,10-12,18,28H,5H2,1-4H3,(H2,23,24)/t18-/m1/s1. The van der Waals surface area contributed by atoms with E-state index in [9.17, 15) is 9.90 Å². The number of fused-ring (bicyclic) bond motifs is 1. The first kappa shape index (κ1) is 20.2. The van der Waals surface area contributed by atoms with Gasteiger partial charge in [-0.1, -0.05) is 17.9 Å².